The first-order chi connectivity index (χ1) is 18.9. The molecule has 218 valence electrons. The molecule has 0 aliphatic carbocycles. The summed E-state index contributed by atoms with van der Waals surface area (Å²) in [6.07, 6.45) is 1.81. The Morgan fingerprint density at radius 1 is 1.20 bits per heavy atom. The normalized spacial score (nSPS) is 17.3. The summed E-state index contributed by atoms with van der Waals surface area (Å²) in [6, 6.07) is 12.5. The number of methoxy groups -OCH3 is 1. The van der Waals surface area contributed by atoms with Crippen LogP contribution in [0.5, 0.6) is 11.5 Å². The first-order valence-corrected chi connectivity index (χ1v) is 16.5. The number of nitrogens with one attached hydrogen (secondary N) is 1. The highest BCUT2D eigenvalue weighted by molar-refractivity contribution is 6.72. The van der Waals surface area contributed by atoms with Gasteiger partial charge in [0, 0.05) is 18.7 Å². The molecule has 1 saturated heterocycles. The summed E-state index contributed by atoms with van der Waals surface area (Å²) in [7, 11) is -0.960. The lowest BCUT2D eigenvalue weighted by Gasteiger charge is -2.37. The molecule has 0 aromatic heterocycles. The van der Waals surface area contributed by atoms with Crippen LogP contribution in [0, 0.1) is 0 Å². The molecule has 0 unspecified atom stereocenters. The minimum atomic E-state index is -2.44. The van der Waals surface area contributed by atoms with Gasteiger partial charge in [-0.3, -0.25) is 10.1 Å². The van der Waals surface area contributed by atoms with Crippen LogP contribution in [0.2, 0.25) is 18.1 Å². The fourth-order valence-corrected chi connectivity index (χ4v) is 5.29. The molecule has 3 N–H and O–H groups in total. The predicted octanol–water partition coefficient (Wildman–Crippen LogP) is 5.34. The number of benzene rings is 2. The van der Waals surface area contributed by atoms with Crippen molar-refractivity contribution < 1.29 is 33.7 Å². The lowest BCUT2D eigenvalue weighted by Crippen LogP contribution is -2.41. The van der Waals surface area contributed by atoms with Gasteiger partial charge in [0.05, 0.1) is 24.5 Å². The number of aliphatic hydroxyl groups excluding tert-OH is 1. The van der Waals surface area contributed by atoms with Gasteiger partial charge in [0.2, 0.25) is 0 Å². The van der Waals surface area contributed by atoms with Crippen LogP contribution in [0.15, 0.2) is 55.1 Å². The lowest BCUT2D eigenvalue weighted by atomic mass is 9.99. The SMILES string of the molecule is C=CCOC(=O)Nc1cc(OCc2ccccc2)c(OC)cc1C(=O)N1C[C@H](O)C[C@H]1CCC(C)(C)[Si](C)(C)O. The largest absolute Gasteiger partial charge is 0.493 e. The van der Waals surface area contributed by atoms with E-state index in [1.807, 2.05) is 57.3 Å². The monoisotopic (exact) mass is 570 g/mol. The Bertz CT molecular complexity index is 1180. The number of anilines is 1. The second-order valence-electron chi connectivity index (χ2n) is 11.3. The Balaban J connectivity index is 1.92. The smallest absolute Gasteiger partial charge is 0.411 e. The van der Waals surface area contributed by atoms with E-state index in [0.29, 0.717) is 30.8 Å². The second kappa shape index (κ2) is 13.3. The number of amides is 2. The van der Waals surface area contributed by atoms with Gasteiger partial charge in [-0.25, -0.2) is 4.79 Å². The van der Waals surface area contributed by atoms with Crippen LogP contribution < -0.4 is 14.8 Å². The Morgan fingerprint density at radius 2 is 1.90 bits per heavy atom. The van der Waals surface area contributed by atoms with Crippen molar-refractivity contribution in [2.24, 2.45) is 0 Å². The topological polar surface area (TPSA) is 118 Å². The molecule has 1 heterocycles. The van der Waals surface area contributed by atoms with Crippen molar-refractivity contribution in [1.82, 2.24) is 4.90 Å². The third-order valence-electron chi connectivity index (χ3n) is 7.75. The highest BCUT2D eigenvalue weighted by Gasteiger charge is 2.41. The van der Waals surface area contributed by atoms with Gasteiger partial charge in [0.15, 0.2) is 19.8 Å². The Labute approximate surface area is 237 Å². The molecule has 1 aliphatic heterocycles. The molecule has 2 atom stereocenters. The van der Waals surface area contributed by atoms with Crippen LogP contribution in [0.3, 0.4) is 0 Å². The molecule has 2 aromatic carbocycles. The minimum absolute atomic E-state index is 0.00330. The van der Waals surface area contributed by atoms with E-state index in [9.17, 15) is 19.5 Å². The number of carbonyl (C=O) groups excluding carboxylic acids is 2. The number of hydrogen-bond acceptors (Lipinski definition) is 7. The molecule has 2 amide bonds. The summed E-state index contributed by atoms with van der Waals surface area (Å²) in [5, 5.41) is 12.9. The summed E-state index contributed by atoms with van der Waals surface area (Å²) in [6.45, 7) is 11.9. The summed E-state index contributed by atoms with van der Waals surface area (Å²) in [5.41, 5.74) is 1.33. The summed E-state index contributed by atoms with van der Waals surface area (Å²) in [4.78, 5) is 38.8. The van der Waals surface area contributed by atoms with E-state index in [-0.39, 0.29) is 48.0 Å². The molecule has 3 rings (SSSR count). The third-order valence-corrected chi connectivity index (χ3v) is 11.3. The van der Waals surface area contributed by atoms with Crippen LogP contribution in [0.25, 0.3) is 0 Å². The van der Waals surface area contributed by atoms with Crippen molar-refractivity contribution in [2.75, 3.05) is 25.6 Å². The molecule has 1 fully saturated rings. The number of carbonyl (C=O) groups is 2. The van der Waals surface area contributed by atoms with Gasteiger partial charge in [0.25, 0.3) is 5.91 Å². The van der Waals surface area contributed by atoms with E-state index in [4.69, 9.17) is 14.2 Å². The average molecular weight is 571 g/mol. The maximum atomic E-state index is 14.0. The zero-order valence-corrected chi connectivity index (χ0v) is 25.1. The number of aliphatic hydroxyl groups is 1. The molecule has 0 radical (unpaired) electrons. The summed E-state index contributed by atoms with van der Waals surface area (Å²) < 4.78 is 16.7. The van der Waals surface area contributed by atoms with E-state index in [1.54, 1.807) is 17.0 Å². The van der Waals surface area contributed by atoms with Crippen molar-refractivity contribution in [3.05, 3.63) is 66.2 Å². The first-order valence-electron chi connectivity index (χ1n) is 13.5. The maximum absolute atomic E-state index is 14.0. The van der Waals surface area contributed by atoms with E-state index < -0.39 is 20.5 Å². The van der Waals surface area contributed by atoms with Gasteiger partial charge >= 0.3 is 6.09 Å². The van der Waals surface area contributed by atoms with E-state index >= 15 is 0 Å². The van der Waals surface area contributed by atoms with Crippen LogP contribution in [0.1, 0.15) is 49.0 Å². The molecular formula is C30H42N2O7Si. The quantitative estimate of drug-likeness (QED) is 0.233. The predicted molar refractivity (Wildman–Crippen MR) is 157 cm³/mol. The molecule has 40 heavy (non-hydrogen) atoms. The molecule has 0 bridgehead atoms. The third kappa shape index (κ3) is 7.86. The van der Waals surface area contributed by atoms with Gasteiger partial charge in [-0.1, -0.05) is 56.8 Å². The van der Waals surface area contributed by atoms with Crippen LogP contribution in [0.4, 0.5) is 10.5 Å². The number of ether oxygens (including phenoxy) is 3. The average Bonchev–Trinajstić information content (AvgIpc) is 3.29. The molecule has 9 nitrogen and oxygen atoms in total. The van der Waals surface area contributed by atoms with Gasteiger partial charge in [0.1, 0.15) is 13.2 Å². The Kier molecular flexibility index (Phi) is 10.4. The van der Waals surface area contributed by atoms with Crippen molar-refractivity contribution in [3.8, 4) is 11.5 Å². The highest BCUT2D eigenvalue weighted by atomic mass is 28.4. The zero-order chi connectivity index (χ0) is 29.5. The maximum Gasteiger partial charge on any atom is 0.411 e. The molecule has 0 saturated carbocycles. The number of rotatable bonds is 12. The fraction of sp³-hybridized carbons (Fsp3) is 0.467. The van der Waals surface area contributed by atoms with Gasteiger partial charge < -0.3 is 29.0 Å². The van der Waals surface area contributed by atoms with Gasteiger partial charge in [-0.2, -0.15) is 0 Å². The molecule has 2 aromatic rings. The Morgan fingerprint density at radius 3 is 2.52 bits per heavy atom. The molecule has 0 spiro atoms. The van der Waals surface area contributed by atoms with Crippen LogP contribution >= 0.6 is 0 Å². The second-order valence-corrected chi connectivity index (χ2v) is 15.8. The number of likely N-dealkylation sites (tertiary alicyclic amines) is 1. The van der Waals surface area contributed by atoms with Crippen molar-refractivity contribution >= 4 is 26.0 Å². The number of nitrogens with zero attached hydrogens (tertiary/aromatic N) is 1. The zero-order valence-electron chi connectivity index (χ0n) is 24.1. The van der Waals surface area contributed by atoms with Gasteiger partial charge in [-0.15, -0.1) is 0 Å². The number of hydrogen-bond donors (Lipinski definition) is 3. The number of β-amino-alcohol motifs (C(OH)–C–C–N with tert-alkyl or cyclic N) is 1. The molecule has 10 heteroatoms. The Hall–Kier alpha value is -3.34. The molecule has 1 aliphatic rings. The van der Waals surface area contributed by atoms with E-state index in [1.165, 1.54) is 13.2 Å². The first kappa shape index (κ1) is 31.2. The van der Waals surface area contributed by atoms with Crippen LogP contribution in [-0.4, -0.2) is 67.5 Å². The van der Waals surface area contributed by atoms with E-state index in [0.717, 1.165) is 5.56 Å². The summed E-state index contributed by atoms with van der Waals surface area (Å²) in [5.74, 6) is 0.318. The van der Waals surface area contributed by atoms with Gasteiger partial charge in [-0.05, 0) is 49.0 Å². The van der Waals surface area contributed by atoms with Crippen molar-refractivity contribution in [3.63, 3.8) is 0 Å². The highest BCUT2D eigenvalue weighted by Crippen LogP contribution is 2.42. The van der Waals surface area contributed by atoms with Crippen molar-refractivity contribution in [2.45, 2.75) is 70.0 Å². The standard InChI is InChI=1S/C30H42N2O7Si/c1-7-15-38-29(35)31-25-18-27(39-20-21-11-9-8-10-12-21)26(37-4)17-24(25)28(34)32-19-23(33)16-22(32)13-14-30(2,3)40(5,6)36/h7-12,17-18,22-23,33,36H,1,13-16,19-20H2,2-6H3,(H,31,35)/t22-,23-/m1/s1. The molecular weight excluding hydrogens is 528 g/mol. The van der Waals surface area contributed by atoms with E-state index in [2.05, 4.69) is 11.9 Å². The van der Waals surface area contributed by atoms with Crippen LogP contribution in [-0.2, 0) is 11.3 Å². The minimum Gasteiger partial charge on any atom is -0.493 e. The fourth-order valence-electron chi connectivity index (χ4n) is 4.53. The van der Waals surface area contributed by atoms with Crippen molar-refractivity contribution in [1.29, 1.82) is 0 Å². The lowest BCUT2D eigenvalue weighted by molar-refractivity contribution is 0.0708. The summed E-state index contributed by atoms with van der Waals surface area (Å²) >= 11 is 0.